The Balaban J connectivity index is 0.000000640. The van der Waals surface area contributed by atoms with Crippen LogP contribution in [0.2, 0.25) is 0 Å². The van der Waals surface area contributed by atoms with Gasteiger partial charge in [-0.2, -0.15) is 0 Å². The van der Waals surface area contributed by atoms with E-state index < -0.39 is 0 Å². The minimum atomic E-state index is 0. The van der Waals surface area contributed by atoms with Crippen LogP contribution >= 0.6 is 0 Å². The zero-order valence-electron chi connectivity index (χ0n) is 6.30. The van der Waals surface area contributed by atoms with E-state index in [1.54, 1.807) is 0 Å². The van der Waals surface area contributed by atoms with Crippen LogP contribution in [0, 0.1) is 0 Å². The molecule has 1 aliphatic heterocycles. The van der Waals surface area contributed by atoms with Gasteiger partial charge in [-0.05, 0) is 26.4 Å². The molecule has 0 aromatic carbocycles. The molecule has 2 nitrogen and oxygen atoms in total. The van der Waals surface area contributed by atoms with Gasteiger partial charge in [-0.3, -0.25) is 0 Å². The van der Waals surface area contributed by atoms with Crippen LogP contribution in [0.3, 0.4) is 0 Å². The van der Waals surface area contributed by atoms with E-state index in [0.29, 0.717) is 12.6 Å². The second kappa shape index (κ2) is 4.35. The van der Waals surface area contributed by atoms with Crippen molar-refractivity contribution in [2.75, 3.05) is 20.2 Å². The van der Waals surface area contributed by atoms with Crippen molar-refractivity contribution >= 4 is 18.9 Å². The quantitative estimate of drug-likeness (QED) is 0.482. The molecule has 1 rings (SSSR count). The van der Waals surface area contributed by atoms with Gasteiger partial charge in [-0.25, -0.2) is 0 Å². The third kappa shape index (κ3) is 2.31. The fraction of sp³-hybridized carbons (Fsp3) is 1.00. The molecule has 1 N–H and O–H groups in total. The van der Waals surface area contributed by atoms with Crippen LogP contribution in [0.4, 0.5) is 0 Å². The Morgan fingerprint density at radius 3 is 2.56 bits per heavy atom. The van der Waals surface area contributed by atoms with E-state index in [4.69, 9.17) is 5.11 Å². The number of hydrogen-bond donors (Lipinski definition) is 1. The molecule has 1 saturated heterocycles. The normalized spacial score (nSPS) is 28.0. The smallest absolute Gasteiger partial charge is 0.0586 e. The zero-order valence-corrected chi connectivity index (χ0v) is 6.30. The Hall–Kier alpha value is 0.517. The van der Waals surface area contributed by atoms with Gasteiger partial charge in [0.15, 0.2) is 0 Å². The standard InChI is InChI=1S/C6H13NO.Li/c1-7-4-2-3-6(7)5-8;/h6,8H,2-5H2,1H3;/t6-;/m1./s1. The van der Waals surface area contributed by atoms with Crippen LogP contribution in [0.5, 0.6) is 0 Å². The molecule has 0 amide bonds. The summed E-state index contributed by atoms with van der Waals surface area (Å²) in [5, 5.41) is 8.69. The van der Waals surface area contributed by atoms with Gasteiger partial charge < -0.3 is 10.0 Å². The Morgan fingerprint density at radius 2 is 2.33 bits per heavy atom. The predicted molar refractivity (Wildman–Crippen MR) is 38.5 cm³/mol. The summed E-state index contributed by atoms with van der Waals surface area (Å²) in [7, 11) is 2.06. The van der Waals surface area contributed by atoms with E-state index in [0.717, 1.165) is 6.54 Å². The van der Waals surface area contributed by atoms with Crippen molar-refractivity contribution in [2.24, 2.45) is 0 Å². The molecule has 0 aromatic rings. The van der Waals surface area contributed by atoms with E-state index in [9.17, 15) is 0 Å². The molecule has 0 spiro atoms. The number of rotatable bonds is 1. The first-order chi connectivity index (χ1) is 3.84. The molecule has 0 aromatic heterocycles. The van der Waals surface area contributed by atoms with Gasteiger partial charge in [0.05, 0.1) is 6.61 Å². The van der Waals surface area contributed by atoms with Gasteiger partial charge in [-0.1, -0.05) is 0 Å². The van der Waals surface area contributed by atoms with Crippen molar-refractivity contribution < 1.29 is 5.11 Å². The van der Waals surface area contributed by atoms with Crippen LogP contribution in [-0.2, 0) is 0 Å². The molecule has 3 heteroatoms. The molecule has 1 atom stereocenters. The van der Waals surface area contributed by atoms with E-state index in [2.05, 4.69) is 11.9 Å². The van der Waals surface area contributed by atoms with E-state index in [1.165, 1.54) is 12.8 Å². The molecule has 1 fully saturated rings. The average Bonchev–Trinajstić information content (AvgIpc) is 2.14. The van der Waals surface area contributed by atoms with Crippen molar-refractivity contribution in [2.45, 2.75) is 18.9 Å². The first-order valence-corrected chi connectivity index (χ1v) is 3.15. The number of likely N-dealkylation sites (N-methyl/N-ethyl adjacent to an activating group) is 1. The Kier molecular flexibility index (Phi) is 4.60. The van der Waals surface area contributed by atoms with E-state index in [-0.39, 0.29) is 18.9 Å². The van der Waals surface area contributed by atoms with Gasteiger partial charge in [0.1, 0.15) is 0 Å². The molecule has 0 aliphatic carbocycles. The molecule has 1 aliphatic rings. The van der Waals surface area contributed by atoms with Crippen LogP contribution < -0.4 is 0 Å². The van der Waals surface area contributed by atoms with Crippen LogP contribution in [0.25, 0.3) is 0 Å². The third-order valence-corrected chi connectivity index (χ3v) is 1.88. The monoisotopic (exact) mass is 122 g/mol. The molecular weight excluding hydrogens is 109 g/mol. The summed E-state index contributed by atoms with van der Waals surface area (Å²) in [6.07, 6.45) is 2.43. The Bertz CT molecular complexity index is 79.5. The van der Waals surface area contributed by atoms with Gasteiger partial charge in [0.2, 0.25) is 0 Å². The molecule has 0 saturated carbocycles. The summed E-state index contributed by atoms with van der Waals surface area (Å²) in [6.45, 7) is 1.49. The van der Waals surface area contributed by atoms with Crippen molar-refractivity contribution in [1.29, 1.82) is 0 Å². The van der Waals surface area contributed by atoms with Crippen molar-refractivity contribution in [1.82, 2.24) is 4.90 Å². The zero-order chi connectivity index (χ0) is 5.98. The first kappa shape index (κ1) is 9.52. The number of hydrogen-bond acceptors (Lipinski definition) is 2. The molecule has 0 unspecified atom stereocenters. The molecule has 0 bridgehead atoms. The van der Waals surface area contributed by atoms with Gasteiger partial charge >= 0.3 is 0 Å². The summed E-state index contributed by atoms with van der Waals surface area (Å²) >= 11 is 0. The van der Waals surface area contributed by atoms with E-state index >= 15 is 0 Å². The van der Waals surface area contributed by atoms with Crippen LogP contribution in [0.1, 0.15) is 12.8 Å². The summed E-state index contributed by atoms with van der Waals surface area (Å²) in [6, 6.07) is 0.454. The largest absolute Gasteiger partial charge is 0.395 e. The molecular formula is C6H13LiNO. The summed E-state index contributed by atoms with van der Waals surface area (Å²) < 4.78 is 0. The average molecular weight is 122 g/mol. The summed E-state index contributed by atoms with van der Waals surface area (Å²) in [5.41, 5.74) is 0. The van der Waals surface area contributed by atoms with Crippen LogP contribution in [-0.4, -0.2) is 55.1 Å². The second-order valence-corrected chi connectivity index (χ2v) is 2.46. The Morgan fingerprint density at radius 1 is 1.67 bits per heavy atom. The molecule has 49 valence electrons. The number of likely N-dealkylation sites (tertiary alicyclic amines) is 1. The topological polar surface area (TPSA) is 23.5 Å². The number of aliphatic hydroxyl groups is 1. The minimum Gasteiger partial charge on any atom is -0.395 e. The van der Waals surface area contributed by atoms with Crippen molar-refractivity contribution in [3.05, 3.63) is 0 Å². The minimum absolute atomic E-state index is 0. The van der Waals surface area contributed by atoms with Crippen LogP contribution in [0.15, 0.2) is 0 Å². The maximum atomic E-state index is 8.69. The van der Waals surface area contributed by atoms with Gasteiger partial charge in [0.25, 0.3) is 0 Å². The third-order valence-electron chi connectivity index (χ3n) is 1.88. The summed E-state index contributed by atoms with van der Waals surface area (Å²) in [4.78, 5) is 2.21. The summed E-state index contributed by atoms with van der Waals surface area (Å²) in [5.74, 6) is 0. The predicted octanol–water partition coefficient (Wildman–Crippen LogP) is -0.308. The first-order valence-electron chi connectivity index (χ1n) is 3.15. The molecule has 1 radical (unpaired) electrons. The van der Waals surface area contributed by atoms with Crippen molar-refractivity contribution in [3.63, 3.8) is 0 Å². The van der Waals surface area contributed by atoms with Crippen molar-refractivity contribution in [3.8, 4) is 0 Å². The molecule has 9 heavy (non-hydrogen) atoms. The number of aliphatic hydroxyl groups excluding tert-OH is 1. The van der Waals surface area contributed by atoms with E-state index in [1.807, 2.05) is 0 Å². The second-order valence-electron chi connectivity index (χ2n) is 2.46. The fourth-order valence-corrected chi connectivity index (χ4v) is 1.21. The Labute approximate surface area is 68.4 Å². The maximum absolute atomic E-state index is 8.69. The maximum Gasteiger partial charge on any atom is 0.0586 e. The van der Waals surface area contributed by atoms with Gasteiger partial charge in [0, 0.05) is 24.9 Å². The molecule has 1 heterocycles. The number of nitrogens with zero attached hydrogens (tertiary/aromatic N) is 1. The SMILES string of the molecule is CN1CCC[C@@H]1CO.[Li]. The fourth-order valence-electron chi connectivity index (χ4n) is 1.21. The van der Waals surface area contributed by atoms with Gasteiger partial charge in [-0.15, -0.1) is 0 Å².